The Bertz CT molecular complexity index is 607. The lowest BCUT2D eigenvalue weighted by Gasteiger charge is -2.41. The minimum absolute atomic E-state index is 0.551. The van der Waals surface area contributed by atoms with Crippen LogP contribution in [0.4, 0.5) is 9.59 Å². The van der Waals surface area contributed by atoms with E-state index in [2.05, 4.69) is 5.43 Å². The second-order valence-corrected chi connectivity index (χ2v) is 9.64. The summed E-state index contributed by atoms with van der Waals surface area (Å²) in [6, 6.07) is 0. The number of Topliss-reactive ketones (excluding diaryl/α,β-unsaturated/α-hetero) is 2. The Kier molecular flexibility index (Phi) is 7.24. The van der Waals surface area contributed by atoms with Gasteiger partial charge in [0.15, 0.2) is 17.1 Å². The summed E-state index contributed by atoms with van der Waals surface area (Å²) in [6.07, 6.45) is -2.02. The van der Waals surface area contributed by atoms with Gasteiger partial charge in [0, 0.05) is 5.41 Å². The lowest BCUT2D eigenvalue weighted by atomic mass is 9.77. The monoisotopic (exact) mass is 386 g/mol. The molecule has 0 bridgehead atoms. The number of carbonyl (C=O) groups is 4. The predicted octanol–water partition coefficient (Wildman–Crippen LogP) is 3.63. The van der Waals surface area contributed by atoms with Crippen molar-refractivity contribution < 1.29 is 28.7 Å². The third-order valence-electron chi connectivity index (χ3n) is 3.43. The first-order valence-corrected chi connectivity index (χ1v) is 8.80. The minimum atomic E-state index is -1.97. The molecule has 1 unspecified atom stereocenters. The van der Waals surface area contributed by atoms with Crippen molar-refractivity contribution in [1.82, 2.24) is 10.4 Å². The van der Waals surface area contributed by atoms with Crippen LogP contribution in [0.3, 0.4) is 0 Å². The maximum Gasteiger partial charge on any atom is 0.430 e. The van der Waals surface area contributed by atoms with Crippen LogP contribution in [0, 0.1) is 5.41 Å². The fourth-order valence-electron chi connectivity index (χ4n) is 2.19. The van der Waals surface area contributed by atoms with Crippen molar-refractivity contribution >= 4 is 23.8 Å². The number of nitrogens with zero attached hydrogens (tertiary/aromatic N) is 1. The molecule has 0 aromatic rings. The third-order valence-corrected chi connectivity index (χ3v) is 3.43. The van der Waals surface area contributed by atoms with Crippen molar-refractivity contribution in [3.63, 3.8) is 0 Å². The third kappa shape index (κ3) is 7.19. The van der Waals surface area contributed by atoms with Crippen molar-refractivity contribution in [1.29, 1.82) is 0 Å². The van der Waals surface area contributed by atoms with E-state index >= 15 is 0 Å². The molecule has 0 radical (unpaired) electrons. The van der Waals surface area contributed by atoms with Crippen LogP contribution in [-0.2, 0) is 19.1 Å². The van der Waals surface area contributed by atoms with E-state index in [0.717, 1.165) is 0 Å². The number of carbonyl (C=O) groups excluding carboxylic acids is 4. The Morgan fingerprint density at radius 2 is 1.15 bits per heavy atom. The minimum Gasteiger partial charge on any atom is -0.443 e. The van der Waals surface area contributed by atoms with Gasteiger partial charge in [0.2, 0.25) is 0 Å². The largest absolute Gasteiger partial charge is 0.443 e. The molecule has 1 N–H and O–H groups in total. The highest BCUT2D eigenvalue weighted by molar-refractivity contribution is 6.13. The number of ketones is 2. The van der Waals surface area contributed by atoms with E-state index in [-0.39, 0.29) is 0 Å². The number of nitrogens with one attached hydrogen (secondary N) is 1. The number of ether oxygens (including phenoxy) is 2. The number of hydrogen-bond acceptors (Lipinski definition) is 6. The first-order chi connectivity index (χ1) is 11.7. The topological polar surface area (TPSA) is 102 Å². The van der Waals surface area contributed by atoms with E-state index in [9.17, 15) is 19.2 Å². The van der Waals surface area contributed by atoms with Gasteiger partial charge in [-0.3, -0.25) is 9.59 Å². The Balaban J connectivity index is 6.19. The summed E-state index contributed by atoms with van der Waals surface area (Å²) in [6.45, 7) is 17.2. The van der Waals surface area contributed by atoms with Gasteiger partial charge in [-0.05, 0) is 55.4 Å². The summed E-state index contributed by atoms with van der Waals surface area (Å²) < 4.78 is 10.5. The van der Waals surface area contributed by atoms with Gasteiger partial charge in [0.25, 0.3) is 0 Å². The summed E-state index contributed by atoms with van der Waals surface area (Å²) in [5.41, 5.74) is -2.46. The molecule has 0 spiro atoms. The van der Waals surface area contributed by atoms with Crippen molar-refractivity contribution in [2.24, 2.45) is 5.41 Å². The molecule has 2 amide bonds. The Hall–Kier alpha value is -2.12. The maximum atomic E-state index is 13.0. The first-order valence-electron chi connectivity index (χ1n) is 8.80. The van der Waals surface area contributed by atoms with Gasteiger partial charge in [-0.2, -0.15) is 5.01 Å². The molecule has 0 aliphatic heterocycles. The van der Waals surface area contributed by atoms with Gasteiger partial charge < -0.3 is 9.47 Å². The highest BCUT2D eigenvalue weighted by Crippen LogP contribution is 2.29. The average molecular weight is 386 g/mol. The Labute approximate surface area is 161 Å². The Morgan fingerprint density at radius 3 is 1.44 bits per heavy atom. The van der Waals surface area contributed by atoms with E-state index in [0.29, 0.717) is 5.01 Å². The van der Waals surface area contributed by atoms with Crippen molar-refractivity contribution in [3.05, 3.63) is 0 Å². The normalized spacial score (nSPS) is 14.6. The quantitative estimate of drug-likeness (QED) is 0.587. The Morgan fingerprint density at radius 1 is 0.741 bits per heavy atom. The number of rotatable bonds is 3. The zero-order valence-electron chi connectivity index (χ0n) is 18.4. The van der Waals surface area contributed by atoms with Crippen molar-refractivity contribution in [2.75, 3.05) is 0 Å². The summed E-state index contributed by atoms with van der Waals surface area (Å²) in [4.78, 5) is 50.6. The molecule has 0 aromatic heterocycles. The predicted molar refractivity (Wildman–Crippen MR) is 101 cm³/mol. The van der Waals surface area contributed by atoms with Gasteiger partial charge in [0.1, 0.15) is 11.2 Å². The van der Waals surface area contributed by atoms with Gasteiger partial charge >= 0.3 is 12.2 Å². The molecule has 0 heterocycles. The lowest BCUT2D eigenvalue weighted by Crippen LogP contribution is -2.68. The van der Waals surface area contributed by atoms with Crippen LogP contribution in [0.2, 0.25) is 0 Å². The zero-order chi connectivity index (χ0) is 22.0. The number of amides is 2. The molecular weight excluding hydrogens is 352 g/mol. The van der Waals surface area contributed by atoms with Crippen LogP contribution in [0.1, 0.15) is 76.2 Å². The van der Waals surface area contributed by atoms with Gasteiger partial charge in [-0.1, -0.05) is 20.8 Å². The van der Waals surface area contributed by atoms with Gasteiger partial charge in [-0.15, -0.1) is 0 Å². The molecule has 27 heavy (non-hydrogen) atoms. The van der Waals surface area contributed by atoms with Crippen LogP contribution in [0.25, 0.3) is 0 Å². The van der Waals surface area contributed by atoms with E-state index in [1.807, 2.05) is 0 Å². The standard InChI is InChI=1S/C19H34N2O6/c1-12(22)19(11,13(23)16(2,3)4)21(15(25)27-18(8,9)10)20-14(24)26-17(5,6)7/h1-11H3,(H,20,24). The summed E-state index contributed by atoms with van der Waals surface area (Å²) in [5.74, 6) is -1.17. The number of hydrazine groups is 1. The van der Waals surface area contributed by atoms with E-state index < -0.39 is 45.9 Å². The number of hydrogen-bond donors (Lipinski definition) is 1. The van der Waals surface area contributed by atoms with Crippen LogP contribution in [-0.4, -0.2) is 45.5 Å². The van der Waals surface area contributed by atoms with E-state index in [1.54, 1.807) is 62.3 Å². The highest BCUT2D eigenvalue weighted by atomic mass is 16.6. The van der Waals surface area contributed by atoms with Crippen molar-refractivity contribution in [3.8, 4) is 0 Å². The molecule has 0 aliphatic rings. The summed E-state index contributed by atoms with van der Waals surface area (Å²) >= 11 is 0. The fraction of sp³-hybridized carbons (Fsp3) is 0.789. The summed E-state index contributed by atoms with van der Waals surface area (Å²) in [7, 11) is 0. The second kappa shape index (κ2) is 7.86. The second-order valence-electron chi connectivity index (χ2n) is 9.64. The zero-order valence-corrected chi connectivity index (χ0v) is 18.4. The van der Waals surface area contributed by atoms with Crippen LogP contribution >= 0.6 is 0 Å². The molecule has 0 saturated heterocycles. The molecule has 0 aliphatic carbocycles. The smallest absolute Gasteiger partial charge is 0.430 e. The van der Waals surface area contributed by atoms with E-state index in [1.165, 1.54) is 13.8 Å². The molecule has 8 nitrogen and oxygen atoms in total. The molecule has 0 saturated carbocycles. The van der Waals surface area contributed by atoms with Crippen LogP contribution in [0.15, 0.2) is 0 Å². The molecule has 1 atom stereocenters. The van der Waals surface area contributed by atoms with Crippen LogP contribution in [0.5, 0.6) is 0 Å². The SMILES string of the molecule is CC(=O)C(C)(C(=O)C(C)(C)C)N(NC(=O)OC(C)(C)C)C(=O)OC(C)(C)C. The van der Waals surface area contributed by atoms with E-state index in [4.69, 9.17) is 9.47 Å². The maximum absolute atomic E-state index is 13.0. The fourth-order valence-corrected chi connectivity index (χ4v) is 2.19. The van der Waals surface area contributed by atoms with Crippen LogP contribution < -0.4 is 5.43 Å². The first kappa shape index (κ1) is 24.9. The molecule has 156 valence electrons. The molecule has 0 rings (SSSR count). The molecule has 0 fully saturated rings. The van der Waals surface area contributed by atoms with Gasteiger partial charge in [-0.25, -0.2) is 15.0 Å². The summed E-state index contributed by atoms with van der Waals surface area (Å²) in [5, 5.41) is 0.627. The average Bonchev–Trinajstić information content (AvgIpc) is 2.37. The molecule has 8 heteroatoms. The molecular formula is C19H34N2O6. The van der Waals surface area contributed by atoms with Crippen molar-refractivity contribution in [2.45, 2.75) is 92.9 Å². The lowest BCUT2D eigenvalue weighted by molar-refractivity contribution is -0.148. The van der Waals surface area contributed by atoms with Gasteiger partial charge in [0.05, 0.1) is 0 Å². The molecule has 0 aromatic carbocycles. The highest BCUT2D eigenvalue weighted by Gasteiger charge is 2.52.